The van der Waals surface area contributed by atoms with Crippen LogP contribution in [0.2, 0.25) is 5.02 Å². The zero-order valence-electron chi connectivity index (χ0n) is 21.6. The average Bonchev–Trinajstić information content (AvgIpc) is 2.94. The molecule has 0 saturated heterocycles. The standard InChI is InChI=1S/C28H29ClN4O5/c1-5-36-33-26(20-10-14-23(15-11-20)38-24-16-12-22(29)13-17-24)19(2)31-37-18-21-8-6-7-9-25(21)27(32-35-4)28(34)30-3/h6-17H,5,18H2,1-4H3,(H,30,34)/b31-19?,32-27?,33-26-. The number of carbonyl (C=O) groups is 1. The molecule has 0 aliphatic carbocycles. The van der Waals surface area contributed by atoms with E-state index in [1.165, 1.54) is 14.2 Å². The Labute approximate surface area is 226 Å². The fourth-order valence-electron chi connectivity index (χ4n) is 3.32. The quantitative estimate of drug-likeness (QED) is 0.241. The molecule has 0 bridgehead atoms. The molecule has 1 amide bonds. The molecule has 3 aromatic rings. The van der Waals surface area contributed by atoms with Gasteiger partial charge >= 0.3 is 0 Å². The van der Waals surface area contributed by atoms with E-state index < -0.39 is 0 Å². The molecular formula is C28H29ClN4O5. The van der Waals surface area contributed by atoms with Crippen LogP contribution < -0.4 is 10.1 Å². The summed E-state index contributed by atoms with van der Waals surface area (Å²) in [6, 6.07) is 21.7. The van der Waals surface area contributed by atoms with E-state index in [1.807, 2.05) is 43.3 Å². The van der Waals surface area contributed by atoms with Crippen molar-refractivity contribution >= 4 is 34.6 Å². The van der Waals surface area contributed by atoms with Crippen molar-refractivity contribution < 1.29 is 24.0 Å². The normalized spacial score (nSPS) is 12.1. The summed E-state index contributed by atoms with van der Waals surface area (Å²) in [7, 11) is 2.90. The number of oxime groups is 3. The van der Waals surface area contributed by atoms with Gasteiger partial charge < -0.3 is 24.6 Å². The molecule has 0 heterocycles. The predicted octanol–water partition coefficient (Wildman–Crippen LogP) is 5.56. The Hall–Kier alpha value is -4.37. The summed E-state index contributed by atoms with van der Waals surface area (Å²) in [6.45, 7) is 4.09. The smallest absolute Gasteiger partial charge is 0.273 e. The summed E-state index contributed by atoms with van der Waals surface area (Å²) in [6.07, 6.45) is 0. The summed E-state index contributed by atoms with van der Waals surface area (Å²) in [4.78, 5) is 28.1. The molecule has 0 aliphatic rings. The van der Waals surface area contributed by atoms with Crippen molar-refractivity contribution in [3.63, 3.8) is 0 Å². The molecule has 0 unspecified atom stereocenters. The predicted molar refractivity (Wildman–Crippen MR) is 148 cm³/mol. The molecule has 0 saturated carbocycles. The van der Waals surface area contributed by atoms with Crippen molar-refractivity contribution in [3.05, 3.63) is 94.5 Å². The van der Waals surface area contributed by atoms with Crippen LogP contribution in [0.15, 0.2) is 88.3 Å². The lowest BCUT2D eigenvalue weighted by Crippen LogP contribution is -2.29. The van der Waals surface area contributed by atoms with Gasteiger partial charge in [0.1, 0.15) is 43.2 Å². The van der Waals surface area contributed by atoms with Gasteiger partial charge in [-0.3, -0.25) is 4.79 Å². The van der Waals surface area contributed by atoms with Gasteiger partial charge in [-0.2, -0.15) is 0 Å². The molecule has 9 nitrogen and oxygen atoms in total. The minimum Gasteiger partial charge on any atom is -0.457 e. The molecule has 0 spiro atoms. The molecule has 198 valence electrons. The second-order valence-electron chi connectivity index (χ2n) is 7.75. The average molecular weight is 537 g/mol. The first-order valence-corrected chi connectivity index (χ1v) is 12.2. The van der Waals surface area contributed by atoms with E-state index in [0.717, 1.165) is 5.56 Å². The molecule has 0 fully saturated rings. The number of nitrogens with zero attached hydrogens (tertiary/aromatic N) is 3. The number of benzene rings is 3. The van der Waals surface area contributed by atoms with Crippen LogP contribution in [0.25, 0.3) is 0 Å². The van der Waals surface area contributed by atoms with Crippen LogP contribution >= 0.6 is 11.6 Å². The molecule has 3 rings (SSSR count). The van der Waals surface area contributed by atoms with Gasteiger partial charge in [0.2, 0.25) is 0 Å². The number of hydrogen-bond donors (Lipinski definition) is 1. The zero-order valence-corrected chi connectivity index (χ0v) is 22.4. The van der Waals surface area contributed by atoms with Crippen LogP contribution in [0.5, 0.6) is 11.5 Å². The van der Waals surface area contributed by atoms with Crippen LogP contribution in [0.3, 0.4) is 0 Å². The molecule has 1 N–H and O–H groups in total. The van der Waals surface area contributed by atoms with E-state index in [0.29, 0.717) is 45.7 Å². The van der Waals surface area contributed by atoms with Gasteiger partial charge in [-0.25, -0.2) is 0 Å². The SMILES string of the molecule is CCO/N=C(/C(C)=NOCc1ccccc1C(=NOC)C(=O)NC)c1ccc(Oc2ccc(Cl)cc2)cc1. The molecule has 0 radical (unpaired) electrons. The minimum atomic E-state index is -0.381. The topological polar surface area (TPSA) is 103 Å². The minimum absolute atomic E-state index is 0.0863. The van der Waals surface area contributed by atoms with Gasteiger partial charge in [0.15, 0.2) is 5.71 Å². The summed E-state index contributed by atoms with van der Waals surface area (Å²) >= 11 is 5.94. The van der Waals surface area contributed by atoms with Crippen molar-refractivity contribution in [2.45, 2.75) is 20.5 Å². The van der Waals surface area contributed by atoms with Crippen LogP contribution in [-0.4, -0.2) is 43.8 Å². The maximum atomic E-state index is 12.3. The zero-order chi connectivity index (χ0) is 27.3. The molecule has 3 aromatic carbocycles. The molecule has 10 heteroatoms. The lowest BCUT2D eigenvalue weighted by Gasteiger charge is -2.11. The second-order valence-corrected chi connectivity index (χ2v) is 8.18. The number of likely N-dealkylation sites (N-methyl/N-ethyl adjacent to an activating group) is 1. The monoisotopic (exact) mass is 536 g/mol. The molecule has 0 aliphatic heterocycles. The Kier molecular flexibility index (Phi) is 10.7. The van der Waals surface area contributed by atoms with Gasteiger partial charge in [-0.05, 0) is 62.4 Å². The van der Waals surface area contributed by atoms with E-state index >= 15 is 0 Å². The fraction of sp³-hybridized carbons (Fsp3) is 0.214. The lowest BCUT2D eigenvalue weighted by molar-refractivity contribution is -0.114. The van der Waals surface area contributed by atoms with Crippen molar-refractivity contribution in [2.24, 2.45) is 15.5 Å². The Morgan fingerprint density at radius 2 is 1.53 bits per heavy atom. The molecule has 0 aromatic heterocycles. The van der Waals surface area contributed by atoms with E-state index in [9.17, 15) is 4.79 Å². The van der Waals surface area contributed by atoms with Crippen molar-refractivity contribution in [1.82, 2.24) is 5.32 Å². The number of rotatable bonds is 12. The summed E-state index contributed by atoms with van der Waals surface area (Å²) in [5.74, 6) is 0.944. The third-order valence-electron chi connectivity index (χ3n) is 5.12. The first-order chi connectivity index (χ1) is 18.5. The molecular weight excluding hydrogens is 508 g/mol. The van der Waals surface area contributed by atoms with Crippen LogP contribution in [0.4, 0.5) is 0 Å². The highest BCUT2D eigenvalue weighted by Gasteiger charge is 2.18. The van der Waals surface area contributed by atoms with Gasteiger partial charge in [0.05, 0.1) is 0 Å². The highest BCUT2D eigenvalue weighted by molar-refractivity contribution is 6.47. The van der Waals surface area contributed by atoms with Crippen molar-refractivity contribution in [3.8, 4) is 11.5 Å². The van der Waals surface area contributed by atoms with E-state index in [4.69, 9.17) is 30.9 Å². The number of hydrogen-bond acceptors (Lipinski definition) is 8. The van der Waals surface area contributed by atoms with Crippen molar-refractivity contribution in [1.29, 1.82) is 0 Å². The highest BCUT2D eigenvalue weighted by atomic mass is 35.5. The summed E-state index contributed by atoms with van der Waals surface area (Å²) in [5.41, 5.74) is 3.18. The van der Waals surface area contributed by atoms with Gasteiger partial charge in [0.25, 0.3) is 5.91 Å². The van der Waals surface area contributed by atoms with E-state index in [-0.39, 0.29) is 18.2 Å². The van der Waals surface area contributed by atoms with Crippen LogP contribution in [-0.2, 0) is 25.9 Å². The Balaban J connectivity index is 1.77. The van der Waals surface area contributed by atoms with Gasteiger partial charge in [-0.1, -0.05) is 51.3 Å². The Morgan fingerprint density at radius 3 is 2.16 bits per heavy atom. The number of amides is 1. The van der Waals surface area contributed by atoms with E-state index in [1.54, 1.807) is 43.3 Å². The third-order valence-corrected chi connectivity index (χ3v) is 5.38. The Morgan fingerprint density at radius 1 is 0.868 bits per heavy atom. The number of carbonyl (C=O) groups excluding carboxylic acids is 1. The van der Waals surface area contributed by atoms with Gasteiger partial charge in [-0.15, -0.1) is 0 Å². The lowest BCUT2D eigenvalue weighted by atomic mass is 10.0. The van der Waals surface area contributed by atoms with Crippen LogP contribution in [0, 0.1) is 0 Å². The largest absolute Gasteiger partial charge is 0.457 e. The second kappa shape index (κ2) is 14.4. The Bertz CT molecular complexity index is 1310. The molecule has 38 heavy (non-hydrogen) atoms. The maximum absolute atomic E-state index is 12.3. The fourth-order valence-corrected chi connectivity index (χ4v) is 3.44. The molecule has 0 atom stereocenters. The van der Waals surface area contributed by atoms with Crippen molar-refractivity contribution in [2.75, 3.05) is 20.8 Å². The summed E-state index contributed by atoms with van der Waals surface area (Å²) < 4.78 is 5.86. The van der Waals surface area contributed by atoms with Crippen LogP contribution in [0.1, 0.15) is 30.5 Å². The highest BCUT2D eigenvalue weighted by Crippen LogP contribution is 2.23. The number of halogens is 1. The summed E-state index contributed by atoms with van der Waals surface area (Å²) in [5, 5.41) is 15.5. The first-order valence-electron chi connectivity index (χ1n) is 11.8. The van der Waals surface area contributed by atoms with Gasteiger partial charge in [0, 0.05) is 28.8 Å². The number of ether oxygens (including phenoxy) is 1. The maximum Gasteiger partial charge on any atom is 0.273 e. The first kappa shape index (κ1) is 28.2. The number of nitrogens with one attached hydrogen (secondary N) is 1. The van der Waals surface area contributed by atoms with E-state index in [2.05, 4.69) is 20.8 Å². The third kappa shape index (κ3) is 7.81.